The van der Waals surface area contributed by atoms with Crippen LogP contribution >= 0.6 is 0 Å². The van der Waals surface area contributed by atoms with Gasteiger partial charge in [-0.1, -0.05) is 24.3 Å². The molecule has 5 nitrogen and oxygen atoms in total. The number of carbonyl (C=O) groups excluding carboxylic acids is 1. The summed E-state index contributed by atoms with van der Waals surface area (Å²) < 4.78 is 11.1. The van der Waals surface area contributed by atoms with Crippen LogP contribution in [-0.4, -0.2) is 25.2 Å². The highest BCUT2D eigenvalue weighted by Crippen LogP contribution is 2.24. The molecule has 24 heavy (non-hydrogen) atoms. The van der Waals surface area contributed by atoms with Crippen LogP contribution < -0.4 is 15.8 Å². The Morgan fingerprint density at radius 3 is 2.54 bits per heavy atom. The van der Waals surface area contributed by atoms with Crippen molar-refractivity contribution in [2.45, 2.75) is 18.9 Å². The Hall–Kier alpha value is -2.37. The summed E-state index contributed by atoms with van der Waals surface area (Å²) in [5.74, 6) is 1.42. The molecule has 1 atom stereocenters. The van der Waals surface area contributed by atoms with E-state index in [2.05, 4.69) is 5.32 Å². The molecule has 1 saturated heterocycles. The summed E-state index contributed by atoms with van der Waals surface area (Å²) in [5, 5.41) is 2.88. The Bertz CT molecular complexity index is 669. The fourth-order valence-corrected chi connectivity index (χ4v) is 2.78. The van der Waals surface area contributed by atoms with Crippen LogP contribution in [-0.2, 0) is 9.53 Å². The minimum atomic E-state index is -0.521. The van der Waals surface area contributed by atoms with Crippen LogP contribution in [0.1, 0.15) is 12.8 Å². The summed E-state index contributed by atoms with van der Waals surface area (Å²) in [6.45, 7) is 1.35. The molecule has 3 N–H and O–H groups in total. The van der Waals surface area contributed by atoms with Crippen LogP contribution in [0.15, 0.2) is 54.6 Å². The SMILES string of the molecule is NC(C(=O)Nc1cccc(Oc2ccccc2)c1)C1CCOCC1. The number of carbonyl (C=O) groups is 1. The maximum atomic E-state index is 12.4. The highest BCUT2D eigenvalue weighted by molar-refractivity contribution is 5.95. The molecule has 5 heteroatoms. The number of benzene rings is 2. The molecule has 2 aromatic rings. The molecule has 1 aliphatic heterocycles. The largest absolute Gasteiger partial charge is 0.457 e. The molecule has 0 aromatic heterocycles. The van der Waals surface area contributed by atoms with Crippen LogP contribution in [0.4, 0.5) is 5.69 Å². The van der Waals surface area contributed by atoms with Gasteiger partial charge in [0.2, 0.25) is 5.91 Å². The Morgan fingerprint density at radius 2 is 1.79 bits per heavy atom. The first kappa shape index (κ1) is 16.5. The molecule has 2 aromatic carbocycles. The average Bonchev–Trinajstić information content (AvgIpc) is 2.63. The molecule has 0 spiro atoms. The van der Waals surface area contributed by atoms with Gasteiger partial charge in [-0.2, -0.15) is 0 Å². The highest BCUT2D eigenvalue weighted by atomic mass is 16.5. The van der Waals surface area contributed by atoms with E-state index in [1.54, 1.807) is 6.07 Å². The van der Waals surface area contributed by atoms with Gasteiger partial charge in [0.05, 0.1) is 6.04 Å². The van der Waals surface area contributed by atoms with Crippen molar-refractivity contribution in [3.63, 3.8) is 0 Å². The summed E-state index contributed by atoms with van der Waals surface area (Å²) in [6, 6.07) is 16.3. The van der Waals surface area contributed by atoms with Gasteiger partial charge < -0.3 is 20.5 Å². The Labute approximate surface area is 141 Å². The Balaban J connectivity index is 1.62. The smallest absolute Gasteiger partial charge is 0.241 e. The third-order valence-corrected chi connectivity index (χ3v) is 4.16. The summed E-state index contributed by atoms with van der Waals surface area (Å²) in [7, 11) is 0. The van der Waals surface area contributed by atoms with E-state index in [-0.39, 0.29) is 11.8 Å². The molecule has 1 fully saturated rings. The summed E-state index contributed by atoms with van der Waals surface area (Å²) in [6.07, 6.45) is 1.65. The minimum Gasteiger partial charge on any atom is -0.457 e. The van der Waals surface area contributed by atoms with Crippen molar-refractivity contribution in [1.82, 2.24) is 0 Å². The summed E-state index contributed by atoms with van der Waals surface area (Å²) >= 11 is 0. The van der Waals surface area contributed by atoms with E-state index in [9.17, 15) is 4.79 Å². The molecule has 0 bridgehead atoms. The number of anilines is 1. The van der Waals surface area contributed by atoms with Crippen LogP contribution in [0, 0.1) is 5.92 Å². The van der Waals surface area contributed by atoms with Crippen molar-refractivity contribution in [3.05, 3.63) is 54.6 Å². The van der Waals surface area contributed by atoms with Gasteiger partial charge in [-0.25, -0.2) is 0 Å². The van der Waals surface area contributed by atoms with Gasteiger partial charge in [0, 0.05) is 25.0 Å². The van der Waals surface area contributed by atoms with Crippen molar-refractivity contribution in [3.8, 4) is 11.5 Å². The van der Waals surface area contributed by atoms with Crippen molar-refractivity contribution >= 4 is 11.6 Å². The van der Waals surface area contributed by atoms with Gasteiger partial charge in [0.15, 0.2) is 0 Å². The fourth-order valence-electron chi connectivity index (χ4n) is 2.78. The Morgan fingerprint density at radius 1 is 1.08 bits per heavy atom. The van der Waals surface area contributed by atoms with Crippen LogP contribution in [0.3, 0.4) is 0 Å². The molecule has 1 aliphatic rings. The van der Waals surface area contributed by atoms with Crippen molar-refractivity contribution < 1.29 is 14.3 Å². The summed E-state index contributed by atoms with van der Waals surface area (Å²) in [4.78, 5) is 12.4. The second kappa shape index (κ2) is 7.95. The number of rotatable bonds is 5. The zero-order chi connectivity index (χ0) is 16.8. The van der Waals surface area contributed by atoms with Gasteiger partial charge in [-0.3, -0.25) is 4.79 Å². The lowest BCUT2D eigenvalue weighted by atomic mass is 9.92. The number of ether oxygens (including phenoxy) is 2. The maximum Gasteiger partial charge on any atom is 0.241 e. The maximum absolute atomic E-state index is 12.4. The number of hydrogen-bond donors (Lipinski definition) is 2. The molecule has 0 saturated carbocycles. The van der Waals surface area contributed by atoms with E-state index in [1.807, 2.05) is 48.5 Å². The standard InChI is InChI=1S/C19H22N2O3/c20-18(14-9-11-23-12-10-14)19(22)21-15-5-4-8-17(13-15)24-16-6-2-1-3-7-16/h1-8,13-14,18H,9-12,20H2,(H,21,22). The Kier molecular flexibility index (Phi) is 5.46. The molecule has 126 valence electrons. The number of hydrogen-bond acceptors (Lipinski definition) is 4. The number of nitrogens with one attached hydrogen (secondary N) is 1. The fraction of sp³-hybridized carbons (Fsp3) is 0.316. The number of amides is 1. The van der Waals surface area contributed by atoms with E-state index in [1.165, 1.54) is 0 Å². The first-order chi connectivity index (χ1) is 11.7. The van der Waals surface area contributed by atoms with Crippen molar-refractivity contribution in [2.75, 3.05) is 18.5 Å². The number of nitrogens with two attached hydrogens (primary N) is 1. The molecule has 1 amide bonds. The molecule has 1 unspecified atom stereocenters. The topological polar surface area (TPSA) is 73.6 Å². The van der Waals surface area contributed by atoms with E-state index in [0.717, 1.165) is 18.6 Å². The van der Waals surface area contributed by atoms with Gasteiger partial charge in [-0.05, 0) is 43.0 Å². The third kappa shape index (κ3) is 4.34. The summed E-state index contributed by atoms with van der Waals surface area (Å²) in [5.41, 5.74) is 6.78. The van der Waals surface area contributed by atoms with Crippen molar-refractivity contribution in [2.24, 2.45) is 11.7 Å². The first-order valence-electron chi connectivity index (χ1n) is 8.19. The van der Waals surface area contributed by atoms with Crippen molar-refractivity contribution in [1.29, 1.82) is 0 Å². The van der Waals surface area contributed by atoms with E-state index >= 15 is 0 Å². The van der Waals surface area contributed by atoms with Crippen LogP contribution in [0.25, 0.3) is 0 Å². The molecular weight excluding hydrogens is 304 g/mol. The molecule has 0 radical (unpaired) electrons. The van der Waals surface area contributed by atoms with E-state index < -0.39 is 6.04 Å². The zero-order valence-electron chi connectivity index (χ0n) is 13.5. The monoisotopic (exact) mass is 326 g/mol. The van der Waals surface area contributed by atoms with Gasteiger partial charge >= 0.3 is 0 Å². The highest BCUT2D eigenvalue weighted by Gasteiger charge is 2.26. The quantitative estimate of drug-likeness (QED) is 0.885. The van der Waals surface area contributed by atoms with Gasteiger partial charge in [0.25, 0.3) is 0 Å². The van der Waals surface area contributed by atoms with Crippen LogP contribution in [0.5, 0.6) is 11.5 Å². The van der Waals surface area contributed by atoms with Gasteiger partial charge in [-0.15, -0.1) is 0 Å². The minimum absolute atomic E-state index is 0.168. The first-order valence-corrected chi connectivity index (χ1v) is 8.19. The third-order valence-electron chi connectivity index (χ3n) is 4.16. The molecule has 0 aliphatic carbocycles. The predicted molar refractivity (Wildman–Crippen MR) is 93.1 cm³/mol. The molecule has 1 heterocycles. The van der Waals surface area contributed by atoms with Crippen LogP contribution in [0.2, 0.25) is 0 Å². The lowest BCUT2D eigenvalue weighted by molar-refractivity contribution is -0.119. The van der Waals surface area contributed by atoms with Gasteiger partial charge in [0.1, 0.15) is 11.5 Å². The lowest BCUT2D eigenvalue weighted by Gasteiger charge is -2.26. The lowest BCUT2D eigenvalue weighted by Crippen LogP contribution is -2.43. The second-order valence-corrected chi connectivity index (χ2v) is 5.91. The molecular formula is C19H22N2O3. The van der Waals surface area contributed by atoms with E-state index in [0.29, 0.717) is 24.7 Å². The predicted octanol–water partition coefficient (Wildman–Crippen LogP) is 3.17. The number of para-hydroxylation sites is 1. The zero-order valence-corrected chi connectivity index (χ0v) is 13.5. The molecule has 3 rings (SSSR count). The van der Waals surface area contributed by atoms with E-state index in [4.69, 9.17) is 15.2 Å². The second-order valence-electron chi connectivity index (χ2n) is 5.91. The average molecular weight is 326 g/mol. The normalized spacial score (nSPS) is 16.4.